The van der Waals surface area contributed by atoms with Crippen LogP contribution in [0.3, 0.4) is 0 Å². The first-order valence-corrected chi connectivity index (χ1v) is 8.06. The first kappa shape index (κ1) is 17.2. The van der Waals surface area contributed by atoms with E-state index in [0.717, 1.165) is 12.8 Å². The second-order valence-electron chi connectivity index (χ2n) is 5.86. The molecule has 7 nitrogen and oxygen atoms in total. The van der Waals surface area contributed by atoms with E-state index in [4.69, 9.17) is 0 Å². The highest BCUT2D eigenvalue weighted by molar-refractivity contribution is 6.12. The summed E-state index contributed by atoms with van der Waals surface area (Å²) in [6.07, 6.45) is 5.30. The molecule has 2 aliphatic rings. The van der Waals surface area contributed by atoms with Crippen LogP contribution in [0.4, 0.5) is 0 Å². The SMILES string of the molecule is CC(=O)N1CCN(C(=O)CCCCCN2C(=O)C=CC2=O)CC1. The Morgan fingerprint density at radius 2 is 1.48 bits per heavy atom. The van der Waals surface area contributed by atoms with Crippen molar-refractivity contribution in [1.29, 1.82) is 0 Å². The number of carbonyl (C=O) groups excluding carboxylic acids is 4. The Bertz CT molecular complexity index is 503. The third-order valence-corrected chi connectivity index (χ3v) is 4.25. The van der Waals surface area contributed by atoms with E-state index in [1.165, 1.54) is 17.1 Å². The van der Waals surface area contributed by atoms with Gasteiger partial charge in [0.05, 0.1) is 0 Å². The number of rotatable bonds is 6. The van der Waals surface area contributed by atoms with Gasteiger partial charge in [-0.2, -0.15) is 0 Å². The van der Waals surface area contributed by atoms with Crippen LogP contribution in [-0.4, -0.2) is 71.1 Å². The summed E-state index contributed by atoms with van der Waals surface area (Å²) >= 11 is 0. The monoisotopic (exact) mass is 321 g/mol. The van der Waals surface area contributed by atoms with Gasteiger partial charge in [-0.1, -0.05) is 6.42 Å². The summed E-state index contributed by atoms with van der Waals surface area (Å²) < 4.78 is 0. The molecule has 0 unspecified atom stereocenters. The summed E-state index contributed by atoms with van der Waals surface area (Å²) in [5, 5.41) is 0. The second kappa shape index (κ2) is 7.89. The molecule has 0 atom stereocenters. The van der Waals surface area contributed by atoms with E-state index < -0.39 is 0 Å². The van der Waals surface area contributed by atoms with Crippen LogP contribution < -0.4 is 0 Å². The van der Waals surface area contributed by atoms with Gasteiger partial charge in [0.25, 0.3) is 11.8 Å². The highest BCUT2D eigenvalue weighted by Gasteiger charge is 2.23. The molecule has 7 heteroatoms. The number of imide groups is 1. The Morgan fingerprint density at radius 3 is 2.04 bits per heavy atom. The standard InChI is InChI=1S/C16H23N3O4/c1-13(20)17-9-11-18(12-10-17)14(21)5-3-2-4-8-19-15(22)6-7-16(19)23/h6-7H,2-5,8-12H2,1H3. The molecule has 0 radical (unpaired) electrons. The maximum Gasteiger partial charge on any atom is 0.253 e. The molecule has 2 heterocycles. The van der Waals surface area contributed by atoms with Crippen molar-refractivity contribution in [1.82, 2.24) is 14.7 Å². The van der Waals surface area contributed by atoms with Crippen molar-refractivity contribution in [2.75, 3.05) is 32.7 Å². The molecule has 0 saturated carbocycles. The molecule has 1 saturated heterocycles. The number of unbranched alkanes of at least 4 members (excludes halogenated alkanes) is 2. The van der Waals surface area contributed by atoms with Crippen molar-refractivity contribution < 1.29 is 19.2 Å². The summed E-state index contributed by atoms with van der Waals surface area (Å²) in [5.41, 5.74) is 0. The summed E-state index contributed by atoms with van der Waals surface area (Å²) in [7, 11) is 0. The Balaban J connectivity index is 1.58. The first-order valence-electron chi connectivity index (χ1n) is 8.06. The highest BCUT2D eigenvalue weighted by atomic mass is 16.2. The highest BCUT2D eigenvalue weighted by Crippen LogP contribution is 2.10. The maximum atomic E-state index is 12.1. The Labute approximate surface area is 135 Å². The molecule has 0 aromatic carbocycles. The minimum atomic E-state index is -0.255. The van der Waals surface area contributed by atoms with Crippen molar-refractivity contribution in [3.05, 3.63) is 12.2 Å². The predicted octanol–water partition coefficient (Wildman–Crippen LogP) is 0.163. The van der Waals surface area contributed by atoms with Gasteiger partial charge in [-0.05, 0) is 12.8 Å². The lowest BCUT2D eigenvalue weighted by molar-refractivity contribution is -0.138. The molecule has 0 aliphatic carbocycles. The normalized spacial score (nSPS) is 18.0. The second-order valence-corrected chi connectivity index (χ2v) is 5.86. The molecule has 126 valence electrons. The molecule has 4 amide bonds. The maximum absolute atomic E-state index is 12.1. The molecule has 23 heavy (non-hydrogen) atoms. The van der Waals surface area contributed by atoms with Gasteiger partial charge in [0.2, 0.25) is 11.8 Å². The van der Waals surface area contributed by atoms with Crippen LogP contribution in [0.25, 0.3) is 0 Å². The van der Waals surface area contributed by atoms with E-state index in [2.05, 4.69) is 0 Å². The minimum Gasteiger partial charge on any atom is -0.339 e. The van der Waals surface area contributed by atoms with Gasteiger partial charge >= 0.3 is 0 Å². The quantitative estimate of drug-likeness (QED) is 0.516. The zero-order valence-electron chi connectivity index (χ0n) is 13.5. The van der Waals surface area contributed by atoms with Crippen LogP contribution in [0, 0.1) is 0 Å². The third kappa shape index (κ3) is 4.64. The number of carbonyl (C=O) groups is 4. The van der Waals surface area contributed by atoms with Crippen LogP contribution in [0.2, 0.25) is 0 Å². The van der Waals surface area contributed by atoms with Crippen LogP contribution in [0.5, 0.6) is 0 Å². The van der Waals surface area contributed by atoms with Crippen molar-refractivity contribution in [3.8, 4) is 0 Å². The summed E-state index contributed by atoms with van der Waals surface area (Å²) in [6.45, 7) is 4.36. The van der Waals surface area contributed by atoms with Gasteiger partial charge in [0.15, 0.2) is 0 Å². The molecular weight excluding hydrogens is 298 g/mol. The number of hydrogen-bond donors (Lipinski definition) is 0. The average molecular weight is 321 g/mol. The smallest absolute Gasteiger partial charge is 0.253 e. The number of amides is 4. The summed E-state index contributed by atoms with van der Waals surface area (Å²) in [4.78, 5) is 50.8. The lowest BCUT2D eigenvalue weighted by Gasteiger charge is -2.34. The molecule has 0 aromatic heterocycles. The molecule has 0 spiro atoms. The minimum absolute atomic E-state index is 0.0533. The summed E-state index contributed by atoms with van der Waals surface area (Å²) in [5.74, 6) is -0.343. The fourth-order valence-electron chi connectivity index (χ4n) is 2.80. The van der Waals surface area contributed by atoms with Crippen molar-refractivity contribution in [3.63, 3.8) is 0 Å². The third-order valence-electron chi connectivity index (χ3n) is 4.25. The van der Waals surface area contributed by atoms with Crippen LogP contribution in [0.1, 0.15) is 32.6 Å². The Morgan fingerprint density at radius 1 is 0.913 bits per heavy atom. The fourth-order valence-corrected chi connectivity index (χ4v) is 2.80. The van der Waals surface area contributed by atoms with E-state index in [1.807, 2.05) is 0 Å². The molecule has 0 aromatic rings. The zero-order chi connectivity index (χ0) is 16.8. The van der Waals surface area contributed by atoms with Gasteiger partial charge in [-0.15, -0.1) is 0 Å². The topological polar surface area (TPSA) is 78.0 Å². The number of hydrogen-bond acceptors (Lipinski definition) is 4. The Hall–Kier alpha value is -2.18. The van der Waals surface area contributed by atoms with E-state index in [9.17, 15) is 19.2 Å². The van der Waals surface area contributed by atoms with Gasteiger partial charge in [-0.25, -0.2) is 0 Å². The number of piperazine rings is 1. The molecule has 2 rings (SSSR count). The van der Waals surface area contributed by atoms with Gasteiger partial charge < -0.3 is 9.80 Å². The van der Waals surface area contributed by atoms with Gasteiger partial charge in [0.1, 0.15) is 0 Å². The van der Waals surface area contributed by atoms with Crippen molar-refractivity contribution in [2.45, 2.75) is 32.6 Å². The van der Waals surface area contributed by atoms with E-state index >= 15 is 0 Å². The first-order chi connectivity index (χ1) is 11.0. The molecule has 0 N–H and O–H groups in total. The lowest BCUT2D eigenvalue weighted by Crippen LogP contribution is -2.50. The van der Waals surface area contributed by atoms with Crippen molar-refractivity contribution >= 4 is 23.6 Å². The Kier molecular flexibility index (Phi) is 5.90. The molecule has 0 bridgehead atoms. The summed E-state index contributed by atoms with van der Waals surface area (Å²) in [6, 6.07) is 0. The zero-order valence-corrected chi connectivity index (χ0v) is 13.5. The van der Waals surface area contributed by atoms with Gasteiger partial charge in [0, 0.05) is 58.2 Å². The van der Waals surface area contributed by atoms with Crippen LogP contribution in [-0.2, 0) is 19.2 Å². The van der Waals surface area contributed by atoms with E-state index in [1.54, 1.807) is 16.7 Å². The van der Waals surface area contributed by atoms with Crippen LogP contribution >= 0.6 is 0 Å². The average Bonchev–Trinajstić information content (AvgIpc) is 2.86. The van der Waals surface area contributed by atoms with E-state index in [0.29, 0.717) is 45.6 Å². The lowest BCUT2D eigenvalue weighted by atomic mass is 10.1. The van der Waals surface area contributed by atoms with E-state index in [-0.39, 0.29) is 23.6 Å². The van der Waals surface area contributed by atoms with Crippen LogP contribution in [0.15, 0.2) is 12.2 Å². The number of nitrogens with zero attached hydrogens (tertiary/aromatic N) is 3. The fraction of sp³-hybridized carbons (Fsp3) is 0.625. The predicted molar refractivity (Wildman–Crippen MR) is 83.2 cm³/mol. The molecule has 1 fully saturated rings. The largest absolute Gasteiger partial charge is 0.339 e. The van der Waals surface area contributed by atoms with Crippen molar-refractivity contribution in [2.24, 2.45) is 0 Å². The molecule has 2 aliphatic heterocycles. The molecular formula is C16H23N3O4. The van der Waals surface area contributed by atoms with Gasteiger partial charge in [-0.3, -0.25) is 24.1 Å².